The minimum Gasteiger partial charge on any atom is -0.382 e. The van der Waals surface area contributed by atoms with Gasteiger partial charge in [-0.05, 0) is 37.3 Å². The van der Waals surface area contributed by atoms with Crippen LogP contribution in [0.5, 0.6) is 0 Å². The molecule has 1 aromatic carbocycles. The Hall–Kier alpha value is -2.07. The molecule has 0 radical (unpaired) electrons. The lowest BCUT2D eigenvalue weighted by Gasteiger charge is -2.03. The Labute approximate surface area is 109 Å². The number of rotatable bonds is 1. The number of halogens is 1. The molecule has 90 valence electrons. The highest BCUT2D eigenvalue weighted by molar-refractivity contribution is 6.30. The summed E-state index contributed by atoms with van der Waals surface area (Å²) in [6.45, 7) is 1.94. The Bertz CT molecular complexity index is 733. The fourth-order valence-corrected chi connectivity index (χ4v) is 2.09. The first-order valence-corrected chi connectivity index (χ1v) is 5.91. The van der Waals surface area contributed by atoms with Crippen LogP contribution in [0, 0.1) is 6.92 Å². The van der Waals surface area contributed by atoms with E-state index in [0.717, 1.165) is 22.4 Å². The van der Waals surface area contributed by atoms with Gasteiger partial charge in [-0.1, -0.05) is 17.7 Å². The molecule has 0 unspecified atom stereocenters. The normalized spacial score (nSPS) is 11.0. The van der Waals surface area contributed by atoms with Crippen LogP contribution in [-0.2, 0) is 0 Å². The van der Waals surface area contributed by atoms with Crippen molar-refractivity contribution >= 4 is 28.5 Å². The molecule has 3 aromatic rings. The van der Waals surface area contributed by atoms with Crippen molar-refractivity contribution < 1.29 is 0 Å². The molecule has 0 bridgehead atoms. The molecule has 0 amide bonds. The number of hydrogen-bond donors (Lipinski definition) is 1. The van der Waals surface area contributed by atoms with E-state index in [9.17, 15) is 0 Å². The quantitative estimate of drug-likeness (QED) is 0.730. The predicted molar refractivity (Wildman–Crippen MR) is 73.0 cm³/mol. The largest absolute Gasteiger partial charge is 0.382 e. The lowest BCUT2D eigenvalue weighted by atomic mass is 10.3. The van der Waals surface area contributed by atoms with Crippen LogP contribution in [0.3, 0.4) is 0 Å². The van der Waals surface area contributed by atoms with Crippen LogP contribution in [0.25, 0.3) is 16.7 Å². The van der Waals surface area contributed by atoms with Gasteiger partial charge < -0.3 is 5.73 Å². The van der Waals surface area contributed by atoms with Crippen molar-refractivity contribution in [3.8, 4) is 5.69 Å². The maximum absolute atomic E-state index is 5.99. The van der Waals surface area contributed by atoms with Gasteiger partial charge in [0.2, 0.25) is 0 Å². The zero-order valence-corrected chi connectivity index (χ0v) is 10.5. The maximum Gasteiger partial charge on any atom is 0.165 e. The third-order valence-corrected chi connectivity index (χ3v) is 2.99. The van der Waals surface area contributed by atoms with Crippen LogP contribution in [0.15, 0.2) is 36.4 Å². The number of benzene rings is 1. The van der Waals surface area contributed by atoms with Gasteiger partial charge in [0.25, 0.3) is 0 Å². The van der Waals surface area contributed by atoms with Crippen molar-refractivity contribution in [3.05, 3.63) is 47.1 Å². The molecule has 3 rings (SSSR count). The van der Waals surface area contributed by atoms with Gasteiger partial charge in [0.05, 0.1) is 11.1 Å². The van der Waals surface area contributed by atoms with Crippen molar-refractivity contribution in [2.75, 3.05) is 5.73 Å². The first-order valence-electron chi connectivity index (χ1n) is 5.53. The molecule has 18 heavy (non-hydrogen) atoms. The standard InChI is InChI=1S/C13H11ClN4/c1-8-5-6-11-12(15)17-18(13(11)16-8)10-4-2-3-9(14)7-10/h2-7H,1H3,(H2,15,17). The molecule has 0 saturated heterocycles. The van der Waals surface area contributed by atoms with Crippen LogP contribution in [-0.4, -0.2) is 14.8 Å². The van der Waals surface area contributed by atoms with Gasteiger partial charge in [0.15, 0.2) is 11.5 Å². The van der Waals surface area contributed by atoms with Gasteiger partial charge in [-0.25, -0.2) is 9.67 Å². The van der Waals surface area contributed by atoms with Crippen molar-refractivity contribution in [1.29, 1.82) is 0 Å². The molecule has 0 atom stereocenters. The molecule has 4 nitrogen and oxygen atoms in total. The van der Waals surface area contributed by atoms with Gasteiger partial charge in [-0.3, -0.25) is 0 Å². The monoisotopic (exact) mass is 258 g/mol. The van der Waals surface area contributed by atoms with Crippen LogP contribution in [0.1, 0.15) is 5.69 Å². The van der Waals surface area contributed by atoms with Gasteiger partial charge in [0.1, 0.15) is 0 Å². The number of pyridine rings is 1. The number of nitrogens with two attached hydrogens (primary N) is 1. The number of nitrogen functional groups attached to an aromatic ring is 1. The van der Waals surface area contributed by atoms with Crippen molar-refractivity contribution in [3.63, 3.8) is 0 Å². The first-order chi connectivity index (χ1) is 8.65. The molecular formula is C13H11ClN4. The van der Waals surface area contributed by atoms with E-state index in [4.69, 9.17) is 17.3 Å². The molecule has 2 aromatic heterocycles. The summed E-state index contributed by atoms with van der Waals surface area (Å²) in [5.74, 6) is 0.470. The van der Waals surface area contributed by atoms with Crippen LogP contribution in [0.4, 0.5) is 5.82 Å². The van der Waals surface area contributed by atoms with E-state index in [1.54, 1.807) is 4.68 Å². The zero-order valence-electron chi connectivity index (χ0n) is 9.76. The predicted octanol–water partition coefficient (Wildman–Crippen LogP) is 2.96. The fourth-order valence-electron chi connectivity index (χ4n) is 1.90. The highest BCUT2D eigenvalue weighted by Gasteiger charge is 2.11. The van der Waals surface area contributed by atoms with Crippen molar-refractivity contribution in [2.24, 2.45) is 0 Å². The SMILES string of the molecule is Cc1ccc2c(N)nn(-c3cccc(Cl)c3)c2n1. The highest BCUT2D eigenvalue weighted by atomic mass is 35.5. The molecule has 0 aliphatic heterocycles. The lowest BCUT2D eigenvalue weighted by Crippen LogP contribution is -1.98. The summed E-state index contributed by atoms with van der Waals surface area (Å²) >= 11 is 5.99. The minimum absolute atomic E-state index is 0.470. The Morgan fingerprint density at radius 2 is 2.06 bits per heavy atom. The average Bonchev–Trinajstić information content (AvgIpc) is 2.66. The lowest BCUT2D eigenvalue weighted by molar-refractivity contribution is 0.900. The molecular weight excluding hydrogens is 248 g/mol. The molecule has 0 aliphatic carbocycles. The highest BCUT2D eigenvalue weighted by Crippen LogP contribution is 2.23. The summed E-state index contributed by atoms with van der Waals surface area (Å²) in [6, 6.07) is 11.3. The first kappa shape index (κ1) is 11.0. The van der Waals surface area contributed by atoms with E-state index < -0.39 is 0 Å². The number of anilines is 1. The maximum atomic E-state index is 5.99. The minimum atomic E-state index is 0.470. The summed E-state index contributed by atoms with van der Waals surface area (Å²) in [5.41, 5.74) is 8.41. The summed E-state index contributed by atoms with van der Waals surface area (Å²) < 4.78 is 1.71. The smallest absolute Gasteiger partial charge is 0.165 e. The van der Waals surface area contributed by atoms with Crippen LogP contribution in [0.2, 0.25) is 5.02 Å². The number of nitrogens with zero attached hydrogens (tertiary/aromatic N) is 3. The second-order valence-corrected chi connectivity index (χ2v) is 4.54. The number of aryl methyl sites for hydroxylation is 1. The fraction of sp³-hybridized carbons (Fsp3) is 0.0769. The Kier molecular flexibility index (Phi) is 2.45. The van der Waals surface area contributed by atoms with E-state index in [0.29, 0.717) is 10.8 Å². The van der Waals surface area contributed by atoms with Crippen LogP contribution >= 0.6 is 11.6 Å². The molecule has 0 saturated carbocycles. The number of aromatic nitrogens is 3. The van der Waals surface area contributed by atoms with E-state index in [-0.39, 0.29) is 0 Å². The summed E-state index contributed by atoms with van der Waals surface area (Å²) in [5, 5.41) is 5.82. The number of hydrogen-bond acceptors (Lipinski definition) is 3. The van der Waals surface area contributed by atoms with Crippen molar-refractivity contribution in [2.45, 2.75) is 6.92 Å². The van der Waals surface area contributed by atoms with E-state index >= 15 is 0 Å². The Morgan fingerprint density at radius 1 is 1.22 bits per heavy atom. The molecule has 0 aliphatic rings. The summed E-state index contributed by atoms with van der Waals surface area (Å²) in [4.78, 5) is 4.48. The van der Waals surface area contributed by atoms with Crippen molar-refractivity contribution in [1.82, 2.24) is 14.8 Å². The average molecular weight is 259 g/mol. The second kappa shape index (κ2) is 3.99. The van der Waals surface area contributed by atoms with E-state index in [2.05, 4.69) is 10.1 Å². The molecule has 2 heterocycles. The van der Waals surface area contributed by atoms with Gasteiger partial charge >= 0.3 is 0 Å². The van der Waals surface area contributed by atoms with E-state index in [1.807, 2.05) is 43.3 Å². The third-order valence-electron chi connectivity index (χ3n) is 2.75. The second-order valence-electron chi connectivity index (χ2n) is 4.10. The molecule has 0 spiro atoms. The molecule has 0 fully saturated rings. The van der Waals surface area contributed by atoms with Gasteiger partial charge in [0, 0.05) is 10.7 Å². The van der Waals surface area contributed by atoms with E-state index in [1.165, 1.54) is 0 Å². The van der Waals surface area contributed by atoms with Crippen LogP contribution < -0.4 is 5.73 Å². The van der Waals surface area contributed by atoms with Gasteiger partial charge in [-0.15, -0.1) is 5.10 Å². The topological polar surface area (TPSA) is 56.7 Å². The summed E-state index contributed by atoms with van der Waals surface area (Å²) in [6.07, 6.45) is 0. The Morgan fingerprint density at radius 3 is 2.83 bits per heavy atom. The summed E-state index contributed by atoms with van der Waals surface area (Å²) in [7, 11) is 0. The van der Waals surface area contributed by atoms with Gasteiger partial charge in [-0.2, -0.15) is 0 Å². The zero-order chi connectivity index (χ0) is 12.7. The molecule has 2 N–H and O–H groups in total. The third kappa shape index (κ3) is 1.71. The Balaban J connectivity index is 2.32. The molecule has 5 heteroatoms. The number of fused-ring (bicyclic) bond motifs is 1.